The second kappa shape index (κ2) is 12.4. The van der Waals surface area contributed by atoms with Crippen molar-refractivity contribution < 1.29 is 9.53 Å². The maximum Gasteiger partial charge on any atom is 0.225 e. The van der Waals surface area contributed by atoms with Crippen molar-refractivity contribution in [3.63, 3.8) is 0 Å². The average Bonchev–Trinajstić information content (AvgIpc) is 2.72. The van der Waals surface area contributed by atoms with Gasteiger partial charge >= 0.3 is 0 Å². The first-order valence-electron chi connectivity index (χ1n) is 10.3. The number of benzene rings is 2. The zero-order chi connectivity index (χ0) is 20.5. The third kappa shape index (κ3) is 6.90. The number of nitrogens with one attached hydrogen (secondary N) is 3. The van der Waals surface area contributed by atoms with Crippen LogP contribution in [0, 0.1) is 0 Å². The molecule has 2 aromatic rings. The maximum absolute atomic E-state index is 12.0. The highest BCUT2D eigenvalue weighted by Gasteiger charge is 2.24. The van der Waals surface area contributed by atoms with Crippen molar-refractivity contribution in [2.75, 3.05) is 31.6 Å². The van der Waals surface area contributed by atoms with Gasteiger partial charge in [-0.1, -0.05) is 30.3 Å². The van der Waals surface area contributed by atoms with Crippen LogP contribution < -0.4 is 20.7 Å². The molecular weight excluding hydrogens is 491 g/mol. The summed E-state index contributed by atoms with van der Waals surface area (Å²) < 4.78 is 5.57. The molecule has 0 fully saturated rings. The van der Waals surface area contributed by atoms with Crippen LogP contribution in [0.5, 0.6) is 5.75 Å². The smallest absolute Gasteiger partial charge is 0.225 e. The lowest BCUT2D eigenvalue weighted by Crippen LogP contribution is -2.38. The lowest BCUT2D eigenvalue weighted by molar-refractivity contribution is -0.116. The van der Waals surface area contributed by atoms with Gasteiger partial charge in [0.2, 0.25) is 5.91 Å². The van der Waals surface area contributed by atoms with E-state index in [9.17, 15) is 4.79 Å². The number of hydrogen-bond acceptors (Lipinski definition) is 3. The molecule has 0 bridgehead atoms. The highest BCUT2D eigenvalue weighted by Crippen LogP contribution is 2.31. The van der Waals surface area contributed by atoms with E-state index in [0.717, 1.165) is 42.5 Å². The quantitative estimate of drug-likeness (QED) is 0.279. The minimum atomic E-state index is 0. The van der Waals surface area contributed by atoms with Gasteiger partial charge in [0.1, 0.15) is 5.75 Å². The molecule has 0 radical (unpaired) electrons. The Kier molecular flexibility index (Phi) is 9.93. The summed E-state index contributed by atoms with van der Waals surface area (Å²) in [6, 6.07) is 16.1. The molecule has 0 saturated heterocycles. The molecule has 0 spiro atoms. The molecule has 1 aliphatic rings. The highest BCUT2D eigenvalue weighted by atomic mass is 127. The molecule has 30 heavy (non-hydrogen) atoms. The SMILES string of the molecule is CCNC(=NCC1CC(=O)Nc2ccccc21)NCCc1cccc(OCC)c1.I. The summed E-state index contributed by atoms with van der Waals surface area (Å²) in [6.07, 6.45) is 1.34. The topological polar surface area (TPSA) is 74.8 Å². The molecule has 3 rings (SSSR count). The summed E-state index contributed by atoms with van der Waals surface area (Å²) >= 11 is 0. The number of fused-ring (bicyclic) bond motifs is 1. The number of anilines is 1. The first kappa shape index (κ1) is 24.0. The Hall–Kier alpha value is -2.29. The van der Waals surface area contributed by atoms with E-state index >= 15 is 0 Å². The fourth-order valence-electron chi connectivity index (χ4n) is 3.49. The van der Waals surface area contributed by atoms with Crippen LogP contribution in [0.3, 0.4) is 0 Å². The summed E-state index contributed by atoms with van der Waals surface area (Å²) in [5, 5.41) is 9.62. The number of carbonyl (C=O) groups excluding carboxylic acids is 1. The number of carbonyl (C=O) groups is 1. The van der Waals surface area contributed by atoms with Crippen molar-refractivity contribution >= 4 is 41.5 Å². The standard InChI is InChI=1S/C23H30N4O2.HI/c1-3-24-23(25-13-12-17-8-7-9-19(14-17)29-4-2)26-16-18-15-22(28)27-21-11-6-5-10-20(18)21;/h5-11,14,18H,3-4,12-13,15-16H2,1-2H3,(H,27,28)(H2,24,25,26);1H. The number of hydrogen-bond donors (Lipinski definition) is 3. The summed E-state index contributed by atoms with van der Waals surface area (Å²) in [6.45, 7) is 6.82. The highest BCUT2D eigenvalue weighted by molar-refractivity contribution is 14.0. The lowest BCUT2D eigenvalue weighted by Gasteiger charge is -2.24. The van der Waals surface area contributed by atoms with Crippen LogP contribution in [0.1, 0.15) is 37.3 Å². The summed E-state index contributed by atoms with van der Waals surface area (Å²) in [4.78, 5) is 16.7. The normalized spacial score (nSPS) is 15.5. The van der Waals surface area contributed by atoms with Crippen molar-refractivity contribution in [3.05, 3.63) is 59.7 Å². The van der Waals surface area contributed by atoms with Crippen LogP contribution in [0.2, 0.25) is 0 Å². The van der Waals surface area contributed by atoms with Gasteiger partial charge in [-0.2, -0.15) is 0 Å². The van der Waals surface area contributed by atoms with Gasteiger partial charge in [-0.25, -0.2) is 0 Å². The predicted octanol–water partition coefficient (Wildman–Crippen LogP) is 3.93. The van der Waals surface area contributed by atoms with Crippen LogP contribution in [0.25, 0.3) is 0 Å². The molecule has 0 aromatic heterocycles. The second-order valence-corrected chi connectivity index (χ2v) is 7.01. The van der Waals surface area contributed by atoms with E-state index in [4.69, 9.17) is 9.73 Å². The third-order valence-electron chi connectivity index (χ3n) is 4.84. The zero-order valence-corrected chi connectivity index (χ0v) is 19.9. The van der Waals surface area contributed by atoms with E-state index in [-0.39, 0.29) is 35.8 Å². The first-order valence-corrected chi connectivity index (χ1v) is 10.3. The molecular formula is C23H31IN4O2. The van der Waals surface area contributed by atoms with E-state index < -0.39 is 0 Å². The Labute approximate surface area is 195 Å². The van der Waals surface area contributed by atoms with Crippen LogP contribution in [0.4, 0.5) is 5.69 Å². The molecule has 2 aromatic carbocycles. The van der Waals surface area contributed by atoms with Gasteiger partial charge in [-0.3, -0.25) is 9.79 Å². The number of halogens is 1. The van der Waals surface area contributed by atoms with E-state index in [1.165, 1.54) is 5.56 Å². The van der Waals surface area contributed by atoms with Gasteiger partial charge < -0.3 is 20.7 Å². The Morgan fingerprint density at radius 1 is 1.17 bits per heavy atom. The number of ether oxygens (including phenoxy) is 1. The summed E-state index contributed by atoms with van der Waals surface area (Å²) in [5.74, 6) is 1.83. The number of aliphatic imine (C=N–C) groups is 1. The first-order chi connectivity index (χ1) is 14.2. The molecule has 0 aliphatic carbocycles. The monoisotopic (exact) mass is 522 g/mol. The van der Waals surface area contributed by atoms with Crippen LogP contribution in [-0.2, 0) is 11.2 Å². The van der Waals surface area contributed by atoms with Gasteiger partial charge in [-0.15, -0.1) is 24.0 Å². The average molecular weight is 522 g/mol. The molecule has 1 heterocycles. The summed E-state index contributed by atoms with van der Waals surface area (Å²) in [5.41, 5.74) is 3.27. The number of rotatable bonds is 8. The van der Waals surface area contributed by atoms with Crippen LogP contribution >= 0.6 is 24.0 Å². The lowest BCUT2D eigenvalue weighted by atomic mass is 9.91. The zero-order valence-electron chi connectivity index (χ0n) is 17.6. The van der Waals surface area contributed by atoms with Crippen LogP contribution in [0.15, 0.2) is 53.5 Å². The minimum Gasteiger partial charge on any atom is -0.494 e. The Morgan fingerprint density at radius 3 is 2.80 bits per heavy atom. The van der Waals surface area contributed by atoms with Gasteiger partial charge in [0.15, 0.2) is 5.96 Å². The van der Waals surface area contributed by atoms with Gasteiger partial charge in [0.05, 0.1) is 13.2 Å². The molecule has 0 saturated carbocycles. The Morgan fingerprint density at radius 2 is 2.00 bits per heavy atom. The number of nitrogens with zero attached hydrogens (tertiary/aromatic N) is 1. The number of amides is 1. The van der Waals surface area contributed by atoms with Gasteiger partial charge in [0, 0.05) is 31.1 Å². The minimum absolute atomic E-state index is 0. The number of guanidine groups is 1. The van der Waals surface area contributed by atoms with Gasteiger partial charge in [0.25, 0.3) is 0 Å². The third-order valence-corrected chi connectivity index (χ3v) is 4.84. The van der Waals surface area contributed by atoms with Crippen molar-refractivity contribution in [2.45, 2.75) is 32.6 Å². The molecule has 162 valence electrons. The molecule has 6 nitrogen and oxygen atoms in total. The van der Waals surface area contributed by atoms with Crippen molar-refractivity contribution in [2.24, 2.45) is 4.99 Å². The fraction of sp³-hybridized carbons (Fsp3) is 0.391. The molecule has 1 atom stereocenters. The number of para-hydroxylation sites is 1. The fourth-order valence-corrected chi connectivity index (χ4v) is 3.49. The van der Waals surface area contributed by atoms with Crippen molar-refractivity contribution in [1.29, 1.82) is 0 Å². The maximum atomic E-state index is 12.0. The molecule has 1 amide bonds. The van der Waals surface area contributed by atoms with E-state index in [2.05, 4.69) is 34.1 Å². The Balaban J connectivity index is 0.00000320. The van der Waals surface area contributed by atoms with E-state index in [1.54, 1.807) is 0 Å². The molecule has 1 aliphatic heterocycles. The van der Waals surface area contributed by atoms with E-state index in [1.807, 2.05) is 44.2 Å². The Bertz CT molecular complexity index is 857. The predicted molar refractivity (Wildman–Crippen MR) is 133 cm³/mol. The molecule has 1 unspecified atom stereocenters. The van der Waals surface area contributed by atoms with Crippen LogP contribution in [-0.4, -0.2) is 38.1 Å². The molecule has 3 N–H and O–H groups in total. The van der Waals surface area contributed by atoms with E-state index in [0.29, 0.717) is 19.6 Å². The molecule has 7 heteroatoms. The second-order valence-electron chi connectivity index (χ2n) is 7.01. The summed E-state index contributed by atoms with van der Waals surface area (Å²) in [7, 11) is 0. The van der Waals surface area contributed by atoms with Crippen molar-refractivity contribution in [3.8, 4) is 5.75 Å². The largest absolute Gasteiger partial charge is 0.494 e. The van der Waals surface area contributed by atoms with Gasteiger partial charge in [-0.05, 0) is 49.6 Å². The van der Waals surface area contributed by atoms with Crippen molar-refractivity contribution in [1.82, 2.24) is 10.6 Å².